The molecular weight excluding hydrogens is 430 g/mol. The van der Waals surface area contributed by atoms with Gasteiger partial charge in [-0.15, -0.1) is 0 Å². The highest BCUT2D eigenvalue weighted by Gasteiger charge is 2.34. The third-order valence-electron chi connectivity index (χ3n) is 4.86. The number of pyridine rings is 1. The zero-order chi connectivity index (χ0) is 21.6. The molecule has 4 rings (SSSR count). The molecule has 3 aromatic heterocycles. The van der Waals surface area contributed by atoms with Gasteiger partial charge in [-0.05, 0) is 18.6 Å². The Labute approximate surface area is 171 Å². The highest BCUT2D eigenvalue weighted by Crippen LogP contribution is 2.35. The van der Waals surface area contributed by atoms with E-state index in [-0.39, 0.29) is 43.0 Å². The summed E-state index contributed by atoms with van der Waals surface area (Å²) in [4.78, 5) is 34.2. The fourth-order valence-electron chi connectivity index (χ4n) is 3.33. The second-order valence-electron chi connectivity index (χ2n) is 6.85. The van der Waals surface area contributed by atoms with E-state index in [4.69, 9.17) is 11.6 Å². The Bertz CT molecular complexity index is 1190. The van der Waals surface area contributed by atoms with E-state index < -0.39 is 34.7 Å². The minimum atomic E-state index is -4.72. The smallest absolute Gasteiger partial charge is 0.338 e. The topological polar surface area (TPSA) is 72.5 Å². The number of halogens is 5. The number of aromatic nitrogens is 4. The lowest BCUT2D eigenvalue weighted by Gasteiger charge is -2.16. The van der Waals surface area contributed by atoms with E-state index in [9.17, 15) is 27.2 Å². The van der Waals surface area contributed by atoms with Gasteiger partial charge in [0.1, 0.15) is 23.5 Å². The Hall–Kier alpha value is -2.95. The first-order valence-electron chi connectivity index (χ1n) is 8.87. The summed E-state index contributed by atoms with van der Waals surface area (Å²) in [5, 5.41) is -0.708. The van der Waals surface area contributed by atoms with Gasteiger partial charge in [-0.3, -0.25) is 9.36 Å². The molecule has 0 radical (unpaired) electrons. The maximum atomic E-state index is 13.3. The standard InChI is InChI=1S/C18H14ClF4N5O2/c19-16-12(18(21,22)23)5-10(6-25-16)13-7-24-14-2-4-27(17(30)28(13)14)9-15(29)26-3-1-11(20)8-26/h2,4-7,11H,1,3,8-9H2. The minimum Gasteiger partial charge on any atom is -0.338 e. The van der Waals surface area contributed by atoms with Crippen LogP contribution in [0.1, 0.15) is 12.0 Å². The van der Waals surface area contributed by atoms with E-state index in [1.54, 1.807) is 0 Å². The maximum absolute atomic E-state index is 13.3. The molecule has 1 fully saturated rings. The first-order chi connectivity index (χ1) is 14.1. The number of amides is 1. The maximum Gasteiger partial charge on any atom is 0.419 e. The summed E-state index contributed by atoms with van der Waals surface area (Å²) in [6, 6.07) is 2.24. The van der Waals surface area contributed by atoms with Crippen molar-refractivity contribution in [3.05, 3.63) is 51.9 Å². The quantitative estimate of drug-likeness (QED) is 0.461. The molecule has 0 N–H and O–H groups in total. The van der Waals surface area contributed by atoms with Crippen LogP contribution in [0.4, 0.5) is 17.6 Å². The van der Waals surface area contributed by atoms with Gasteiger partial charge in [-0.1, -0.05) is 11.6 Å². The number of hydrogen-bond donors (Lipinski definition) is 0. The third-order valence-corrected chi connectivity index (χ3v) is 5.16. The summed E-state index contributed by atoms with van der Waals surface area (Å²) in [6.07, 6.45) is -1.87. The lowest BCUT2D eigenvalue weighted by molar-refractivity contribution is -0.137. The van der Waals surface area contributed by atoms with Gasteiger partial charge in [0.2, 0.25) is 5.91 Å². The molecule has 1 saturated heterocycles. The van der Waals surface area contributed by atoms with Crippen LogP contribution in [0.2, 0.25) is 5.15 Å². The van der Waals surface area contributed by atoms with Crippen molar-refractivity contribution in [3.8, 4) is 11.3 Å². The van der Waals surface area contributed by atoms with Crippen LogP contribution in [0.3, 0.4) is 0 Å². The molecule has 0 bridgehead atoms. The molecule has 0 aromatic carbocycles. The van der Waals surface area contributed by atoms with Gasteiger partial charge in [0.25, 0.3) is 0 Å². The number of nitrogens with zero attached hydrogens (tertiary/aromatic N) is 5. The molecule has 30 heavy (non-hydrogen) atoms. The fraction of sp³-hybridized carbons (Fsp3) is 0.333. The SMILES string of the molecule is O=C(Cn1ccc2ncc(-c3cnc(Cl)c(C(F)(F)F)c3)n2c1=O)N1CCC(F)C1. The molecule has 4 heterocycles. The number of hydrogen-bond acceptors (Lipinski definition) is 4. The van der Waals surface area contributed by atoms with E-state index in [0.717, 1.165) is 21.2 Å². The molecule has 0 spiro atoms. The van der Waals surface area contributed by atoms with Crippen molar-refractivity contribution in [3.63, 3.8) is 0 Å². The monoisotopic (exact) mass is 443 g/mol. The molecule has 1 aliphatic rings. The van der Waals surface area contributed by atoms with Crippen molar-refractivity contribution in [2.24, 2.45) is 0 Å². The molecule has 1 amide bonds. The van der Waals surface area contributed by atoms with Crippen LogP contribution in [-0.2, 0) is 17.5 Å². The van der Waals surface area contributed by atoms with Crippen molar-refractivity contribution in [1.29, 1.82) is 0 Å². The van der Waals surface area contributed by atoms with Crippen LogP contribution in [0, 0.1) is 0 Å². The van der Waals surface area contributed by atoms with Crippen molar-refractivity contribution in [2.45, 2.75) is 25.3 Å². The molecule has 7 nitrogen and oxygen atoms in total. The number of rotatable bonds is 3. The van der Waals surface area contributed by atoms with Crippen molar-refractivity contribution < 1.29 is 22.4 Å². The molecule has 0 saturated carbocycles. The van der Waals surface area contributed by atoms with Crippen LogP contribution >= 0.6 is 11.6 Å². The van der Waals surface area contributed by atoms with Gasteiger partial charge in [-0.25, -0.2) is 23.6 Å². The number of carbonyl (C=O) groups excluding carboxylic acids is 1. The van der Waals surface area contributed by atoms with E-state index in [0.29, 0.717) is 0 Å². The molecule has 1 atom stereocenters. The second-order valence-corrected chi connectivity index (χ2v) is 7.21. The zero-order valence-electron chi connectivity index (χ0n) is 15.2. The highest BCUT2D eigenvalue weighted by atomic mass is 35.5. The van der Waals surface area contributed by atoms with Gasteiger partial charge in [-0.2, -0.15) is 13.2 Å². The lowest BCUT2D eigenvalue weighted by Crippen LogP contribution is -2.36. The summed E-state index contributed by atoms with van der Waals surface area (Å²) in [5.41, 5.74) is -1.57. The number of likely N-dealkylation sites (tertiary alicyclic amines) is 1. The van der Waals surface area contributed by atoms with Crippen molar-refractivity contribution >= 4 is 23.2 Å². The zero-order valence-corrected chi connectivity index (χ0v) is 16.0. The first kappa shape index (κ1) is 20.3. The number of carbonyl (C=O) groups is 1. The van der Waals surface area contributed by atoms with Crippen molar-refractivity contribution in [1.82, 2.24) is 23.8 Å². The largest absolute Gasteiger partial charge is 0.419 e. The number of alkyl halides is 4. The van der Waals surface area contributed by atoms with Gasteiger partial charge >= 0.3 is 11.9 Å². The van der Waals surface area contributed by atoms with Crippen LogP contribution in [0.15, 0.2) is 35.5 Å². The third kappa shape index (κ3) is 3.64. The van der Waals surface area contributed by atoms with Crippen molar-refractivity contribution in [2.75, 3.05) is 13.1 Å². The number of imidazole rings is 1. The summed E-state index contributed by atoms with van der Waals surface area (Å²) in [5.74, 6) is -0.425. The molecular formula is C18H14ClF4N5O2. The van der Waals surface area contributed by atoms with Crippen LogP contribution in [0.25, 0.3) is 16.9 Å². The molecule has 3 aromatic rings. The summed E-state index contributed by atoms with van der Waals surface area (Å²) < 4.78 is 55.0. The lowest BCUT2D eigenvalue weighted by atomic mass is 10.1. The summed E-state index contributed by atoms with van der Waals surface area (Å²) >= 11 is 5.56. The molecule has 1 aliphatic heterocycles. The summed E-state index contributed by atoms with van der Waals surface area (Å²) in [7, 11) is 0. The Morgan fingerprint density at radius 3 is 2.70 bits per heavy atom. The van der Waals surface area contributed by atoms with E-state index >= 15 is 0 Å². The Morgan fingerprint density at radius 1 is 1.27 bits per heavy atom. The van der Waals surface area contributed by atoms with Gasteiger partial charge in [0, 0.05) is 24.5 Å². The predicted octanol–water partition coefficient (Wildman–Crippen LogP) is 2.80. The van der Waals surface area contributed by atoms with Crippen LogP contribution in [0.5, 0.6) is 0 Å². The molecule has 12 heteroatoms. The number of fused-ring (bicyclic) bond motifs is 1. The Kier molecular flexibility index (Phi) is 5.00. The average Bonchev–Trinajstić information content (AvgIpc) is 3.30. The predicted molar refractivity (Wildman–Crippen MR) is 98.8 cm³/mol. The van der Waals surface area contributed by atoms with Crippen LogP contribution < -0.4 is 5.69 Å². The highest BCUT2D eigenvalue weighted by molar-refractivity contribution is 6.30. The second kappa shape index (κ2) is 7.38. The molecule has 0 aliphatic carbocycles. The van der Waals surface area contributed by atoms with E-state index in [2.05, 4.69) is 9.97 Å². The minimum absolute atomic E-state index is 0.0137. The van der Waals surface area contributed by atoms with Gasteiger partial charge in [0.15, 0.2) is 0 Å². The molecule has 1 unspecified atom stereocenters. The first-order valence-corrected chi connectivity index (χ1v) is 9.25. The van der Waals surface area contributed by atoms with Gasteiger partial charge in [0.05, 0.1) is 24.0 Å². The van der Waals surface area contributed by atoms with Gasteiger partial charge < -0.3 is 4.90 Å². The fourth-order valence-corrected chi connectivity index (χ4v) is 3.54. The van der Waals surface area contributed by atoms with E-state index in [1.807, 2.05) is 0 Å². The molecule has 158 valence electrons. The average molecular weight is 444 g/mol. The summed E-state index contributed by atoms with van der Waals surface area (Å²) in [6.45, 7) is -0.0847. The Balaban J connectivity index is 1.74. The van der Waals surface area contributed by atoms with Crippen LogP contribution in [-0.4, -0.2) is 49.0 Å². The Morgan fingerprint density at radius 2 is 2.03 bits per heavy atom. The van der Waals surface area contributed by atoms with E-state index in [1.165, 1.54) is 23.4 Å². The normalized spacial score (nSPS) is 17.1.